The fourth-order valence-electron chi connectivity index (χ4n) is 3.97. The Morgan fingerprint density at radius 3 is 0.981 bits per heavy atom. The Kier molecular flexibility index (Phi) is 36.8. The predicted octanol–water partition coefficient (Wildman–Crippen LogP) is 2.18. The number of esters is 1. The third kappa shape index (κ3) is 36.5. The van der Waals surface area contributed by atoms with Gasteiger partial charge in [0.25, 0.3) is 0 Å². The van der Waals surface area contributed by atoms with E-state index < -0.39 is 0 Å². The van der Waals surface area contributed by atoms with Crippen LogP contribution in [0.1, 0.15) is 20.3 Å². The first-order valence-electron chi connectivity index (χ1n) is 18.7. The first-order chi connectivity index (χ1) is 26.6. The van der Waals surface area contributed by atoms with Crippen LogP contribution < -0.4 is 10.1 Å². The lowest BCUT2D eigenvalue weighted by molar-refractivity contribution is -0.144. The van der Waals surface area contributed by atoms with Crippen LogP contribution >= 0.6 is 0 Å². The van der Waals surface area contributed by atoms with Crippen molar-refractivity contribution in [3.63, 3.8) is 0 Å². The van der Waals surface area contributed by atoms with Gasteiger partial charge in [-0.2, -0.15) is 0 Å². The largest absolute Gasteiger partial charge is 0.491 e. The van der Waals surface area contributed by atoms with Crippen molar-refractivity contribution in [1.82, 2.24) is 0 Å². The first-order valence-corrected chi connectivity index (χ1v) is 18.7. The van der Waals surface area contributed by atoms with E-state index in [4.69, 9.17) is 66.3 Å². The molecule has 1 aromatic carbocycles. The minimum Gasteiger partial charge on any atom is -0.491 e. The monoisotopic (exact) mass is 779 g/mol. The van der Waals surface area contributed by atoms with E-state index in [1.54, 1.807) is 31.2 Å². The Morgan fingerprint density at radius 1 is 0.426 bits per heavy atom. The Hall–Kier alpha value is -2.52. The number of anilines is 1. The Bertz CT molecular complexity index is 958. The quantitative estimate of drug-likeness (QED) is 0.0755. The lowest BCUT2D eigenvalue weighted by Crippen LogP contribution is -2.15. The third-order valence-corrected chi connectivity index (χ3v) is 6.52. The fraction of sp³-hybridized carbons (Fsp3) is 0.784. The van der Waals surface area contributed by atoms with Gasteiger partial charge >= 0.3 is 5.97 Å². The molecule has 0 aliphatic carbocycles. The first kappa shape index (κ1) is 49.5. The number of hydrogen-bond donors (Lipinski definition) is 1. The van der Waals surface area contributed by atoms with Crippen molar-refractivity contribution in [2.24, 2.45) is 0 Å². The molecule has 0 atom stereocenters. The lowest BCUT2D eigenvalue weighted by Gasteiger charge is -2.09. The van der Waals surface area contributed by atoms with Crippen molar-refractivity contribution in [2.45, 2.75) is 20.3 Å². The van der Waals surface area contributed by atoms with E-state index in [9.17, 15) is 9.59 Å². The van der Waals surface area contributed by atoms with Crippen molar-refractivity contribution in [1.29, 1.82) is 0 Å². The Balaban J connectivity index is 1.64. The van der Waals surface area contributed by atoms with Gasteiger partial charge in [0.15, 0.2) is 0 Å². The van der Waals surface area contributed by atoms with Crippen molar-refractivity contribution in [3.05, 3.63) is 24.3 Å². The van der Waals surface area contributed by atoms with E-state index in [0.717, 1.165) is 5.69 Å². The molecule has 314 valence electrons. The van der Waals surface area contributed by atoms with Gasteiger partial charge in [0.2, 0.25) is 5.91 Å². The van der Waals surface area contributed by atoms with Crippen molar-refractivity contribution < 1.29 is 75.9 Å². The molecule has 0 unspecified atom stereocenters. The zero-order chi connectivity index (χ0) is 38.8. The SMILES string of the molecule is CCOC(=O)CCOCCOCCOCCOCCOCCOCCOCCOCCOCCOCCOCCOCCOc1ccc(NC(C)=O)cc1. The minimum atomic E-state index is -0.255. The molecule has 1 amide bonds. The number of rotatable bonds is 42. The summed E-state index contributed by atoms with van der Waals surface area (Å²) in [4.78, 5) is 22.2. The van der Waals surface area contributed by atoms with E-state index in [2.05, 4.69) is 5.32 Å². The number of carbonyl (C=O) groups excluding carboxylic acids is 2. The van der Waals surface area contributed by atoms with Crippen LogP contribution in [0.25, 0.3) is 0 Å². The highest BCUT2D eigenvalue weighted by atomic mass is 16.6. The molecule has 0 spiro atoms. The van der Waals surface area contributed by atoms with Gasteiger partial charge in [0.05, 0.1) is 172 Å². The molecule has 0 radical (unpaired) electrons. The number of benzene rings is 1. The van der Waals surface area contributed by atoms with Crippen LogP contribution in [0.5, 0.6) is 5.75 Å². The molecule has 1 N–H and O–H groups in total. The van der Waals surface area contributed by atoms with E-state index in [1.165, 1.54) is 6.92 Å². The van der Waals surface area contributed by atoms with Gasteiger partial charge in [-0.25, -0.2) is 0 Å². The van der Waals surface area contributed by atoms with Gasteiger partial charge in [0.1, 0.15) is 12.4 Å². The molecule has 0 heterocycles. The lowest BCUT2D eigenvalue weighted by atomic mass is 10.3. The molecule has 0 fully saturated rings. The van der Waals surface area contributed by atoms with E-state index >= 15 is 0 Å². The molecule has 54 heavy (non-hydrogen) atoms. The van der Waals surface area contributed by atoms with Crippen molar-refractivity contribution >= 4 is 17.6 Å². The maximum atomic E-state index is 11.2. The van der Waals surface area contributed by atoms with E-state index in [0.29, 0.717) is 178 Å². The van der Waals surface area contributed by atoms with Gasteiger partial charge in [-0.3, -0.25) is 9.59 Å². The zero-order valence-electron chi connectivity index (χ0n) is 32.4. The van der Waals surface area contributed by atoms with Crippen molar-refractivity contribution in [2.75, 3.05) is 177 Å². The molecule has 0 bridgehead atoms. The van der Waals surface area contributed by atoms with E-state index in [1.807, 2.05) is 0 Å². The number of carbonyl (C=O) groups is 2. The highest BCUT2D eigenvalue weighted by molar-refractivity contribution is 5.88. The van der Waals surface area contributed by atoms with Gasteiger partial charge in [-0.1, -0.05) is 0 Å². The van der Waals surface area contributed by atoms with Gasteiger partial charge in [-0.15, -0.1) is 0 Å². The Morgan fingerprint density at radius 2 is 0.704 bits per heavy atom. The molecular weight excluding hydrogens is 714 g/mol. The summed E-state index contributed by atoms with van der Waals surface area (Å²) in [5.74, 6) is 0.346. The standard InChI is InChI=1S/C37H65NO16/c1-3-53-37(40)8-9-41-10-11-42-12-13-43-14-15-44-16-17-45-18-19-46-20-21-47-22-23-48-24-25-49-26-27-50-28-29-51-30-31-52-32-33-54-36-6-4-35(5-7-36)38-34(2)39/h4-7H,3,8-33H2,1-2H3,(H,38,39). The minimum absolute atomic E-state index is 0.112. The molecule has 0 saturated carbocycles. The van der Waals surface area contributed by atoms with Crippen LogP contribution in [0.15, 0.2) is 24.3 Å². The third-order valence-electron chi connectivity index (χ3n) is 6.52. The van der Waals surface area contributed by atoms with Gasteiger partial charge in [0, 0.05) is 12.6 Å². The normalized spacial score (nSPS) is 11.2. The summed E-state index contributed by atoms with van der Waals surface area (Å²) in [6, 6.07) is 7.16. The summed E-state index contributed by atoms with van der Waals surface area (Å²) in [6.07, 6.45) is 0.251. The molecule has 1 aromatic rings. The summed E-state index contributed by atoms with van der Waals surface area (Å²) in [5, 5.41) is 2.71. The van der Waals surface area contributed by atoms with Gasteiger partial charge < -0.3 is 71.6 Å². The summed E-state index contributed by atoms with van der Waals surface area (Å²) < 4.78 is 75.9. The second-order valence-electron chi connectivity index (χ2n) is 11.0. The summed E-state index contributed by atoms with van der Waals surface area (Å²) in [5.41, 5.74) is 0.728. The average molecular weight is 780 g/mol. The fourth-order valence-corrected chi connectivity index (χ4v) is 3.97. The smallest absolute Gasteiger partial charge is 0.308 e. The summed E-state index contributed by atoms with van der Waals surface area (Å²) in [6.45, 7) is 15.4. The second kappa shape index (κ2) is 40.2. The van der Waals surface area contributed by atoms with Gasteiger partial charge in [-0.05, 0) is 31.2 Å². The molecule has 1 rings (SSSR count). The summed E-state index contributed by atoms with van der Waals surface area (Å²) in [7, 11) is 0. The molecule has 0 saturated heterocycles. The van der Waals surface area contributed by atoms with Crippen LogP contribution in [-0.2, 0) is 71.2 Å². The van der Waals surface area contributed by atoms with Crippen LogP contribution in [0.3, 0.4) is 0 Å². The Labute approximate surface area is 320 Å². The highest BCUT2D eigenvalue weighted by Crippen LogP contribution is 2.15. The topological polar surface area (TPSA) is 175 Å². The number of amides is 1. The molecule has 0 aliphatic heterocycles. The van der Waals surface area contributed by atoms with Crippen LogP contribution in [0.4, 0.5) is 5.69 Å². The molecule has 17 nitrogen and oxygen atoms in total. The average Bonchev–Trinajstić information content (AvgIpc) is 3.16. The molecular formula is C37H65NO16. The number of hydrogen-bond acceptors (Lipinski definition) is 16. The van der Waals surface area contributed by atoms with Crippen LogP contribution in [0, 0.1) is 0 Å². The second-order valence-corrected chi connectivity index (χ2v) is 11.0. The highest BCUT2D eigenvalue weighted by Gasteiger charge is 2.02. The maximum absolute atomic E-state index is 11.2. The molecule has 0 aromatic heterocycles. The van der Waals surface area contributed by atoms with Crippen LogP contribution in [0.2, 0.25) is 0 Å². The zero-order valence-corrected chi connectivity index (χ0v) is 32.4. The molecule has 0 aliphatic rings. The van der Waals surface area contributed by atoms with E-state index in [-0.39, 0.29) is 18.3 Å². The number of ether oxygens (including phenoxy) is 14. The molecule has 17 heteroatoms. The summed E-state index contributed by atoms with van der Waals surface area (Å²) >= 11 is 0. The van der Waals surface area contributed by atoms with Crippen molar-refractivity contribution in [3.8, 4) is 5.75 Å². The predicted molar refractivity (Wildman–Crippen MR) is 197 cm³/mol. The van der Waals surface area contributed by atoms with Crippen LogP contribution in [-0.4, -0.2) is 184 Å². The maximum Gasteiger partial charge on any atom is 0.308 e. The number of nitrogens with one attached hydrogen (secondary N) is 1.